The van der Waals surface area contributed by atoms with Crippen molar-refractivity contribution in [3.8, 4) is 0 Å². The SMILES string of the molecule is O=[N+]([O-])c1cccc([C](O)=[W])c1F. The molecule has 1 aromatic rings. The summed E-state index contributed by atoms with van der Waals surface area (Å²) in [5, 5.41) is 19.3. The quantitative estimate of drug-likeness (QED) is 0.641. The zero-order chi connectivity index (χ0) is 10.0. The van der Waals surface area contributed by atoms with Crippen molar-refractivity contribution in [2.75, 3.05) is 0 Å². The molecule has 13 heavy (non-hydrogen) atoms. The molecule has 4 nitrogen and oxygen atoms in total. The van der Waals surface area contributed by atoms with Crippen LogP contribution in [0.5, 0.6) is 0 Å². The molecule has 1 aromatic carbocycles. The molecule has 0 aliphatic heterocycles. The fourth-order valence-electron chi connectivity index (χ4n) is 0.826. The van der Waals surface area contributed by atoms with Gasteiger partial charge in [-0.3, -0.25) is 0 Å². The van der Waals surface area contributed by atoms with Gasteiger partial charge in [0.1, 0.15) is 0 Å². The summed E-state index contributed by atoms with van der Waals surface area (Å²) >= 11 is 0.661. The van der Waals surface area contributed by atoms with Crippen LogP contribution in [0.15, 0.2) is 18.2 Å². The van der Waals surface area contributed by atoms with Gasteiger partial charge in [-0.15, -0.1) is 0 Å². The Kier molecular flexibility index (Phi) is 3.01. The van der Waals surface area contributed by atoms with Crippen LogP contribution in [0.2, 0.25) is 0 Å². The second kappa shape index (κ2) is 3.85. The molecule has 0 amide bonds. The van der Waals surface area contributed by atoms with Gasteiger partial charge in [-0.2, -0.15) is 0 Å². The summed E-state index contributed by atoms with van der Waals surface area (Å²) < 4.78 is 13.0. The van der Waals surface area contributed by atoms with Gasteiger partial charge in [0.25, 0.3) is 0 Å². The Morgan fingerprint density at radius 3 is 2.69 bits per heavy atom. The molecule has 68 valence electrons. The van der Waals surface area contributed by atoms with Gasteiger partial charge in [-0.05, 0) is 0 Å². The number of aliphatic hydroxyl groups is 1. The van der Waals surface area contributed by atoms with E-state index in [1.165, 1.54) is 12.1 Å². The summed E-state index contributed by atoms with van der Waals surface area (Å²) in [5.41, 5.74) is -0.727. The predicted molar refractivity (Wildman–Crippen MR) is 39.1 cm³/mol. The molecule has 0 fully saturated rings. The van der Waals surface area contributed by atoms with Crippen LogP contribution in [-0.2, 0) is 19.4 Å². The van der Waals surface area contributed by atoms with E-state index in [-0.39, 0.29) is 9.65 Å². The number of nitro benzene ring substituents is 1. The third-order valence-corrected chi connectivity index (χ3v) is 2.20. The number of hydrogen-bond donors (Lipinski definition) is 1. The molecule has 0 aliphatic carbocycles. The third kappa shape index (κ3) is 2.05. The zero-order valence-corrected chi connectivity index (χ0v) is 9.16. The summed E-state index contributed by atoms with van der Waals surface area (Å²) in [6.07, 6.45) is 0. The maximum atomic E-state index is 13.2. The second-order valence-corrected chi connectivity index (χ2v) is 3.59. The van der Waals surface area contributed by atoms with Gasteiger partial charge in [0.05, 0.1) is 0 Å². The standard InChI is InChI=1S/C7H4FNO3.W/c8-7-5(4-10)2-1-3-6(7)9(11)12;/h1-3,10H;. The van der Waals surface area contributed by atoms with E-state index >= 15 is 0 Å². The van der Waals surface area contributed by atoms with Crippen molar-refractivity contribution in [3.05, 3.63) is 39.7 Å². The van der Waals surface area contributed by atoms with Crippen LogP contribution in [0.3, 0.4) is 0 Å². The van der Waals surface area contributed by atoms with Gasteiger partial charge in [-0.1, -0.05) is 0 Å². The van der Waals surface area contributed by atoms with Gasteiger partial charge in [0.2, 0.25) is 0 Å². The molecule has 0 spiro atoms. The minimum absolute atomic E-state index is 0.107. The van der Waals surface area contributed by atoms with Gasteiger partial charge in [0, 0.05) is 0 Å². The molecule has 0 bridgehead atoms. The number of rotatable bonds is 2. The Balaban J connectivity index is 3.35. The molecule has 0 unspecified atom stereocenters. The number of hydrogen-bond acceptors (Lipinski definition) is 3. The van der Waals surface area contributed by atoms with Crippen LogP contribution in [0.25, 0.3) is 0 Å². The molecule has 0 heterocycles. The number of halogens is 1. The first-order valence-electron chi connectivity index (χ1n) is 3.20. The summed E-state index contributed by atoms with van der Waals surface area (Å²) in [6, 6.07) is 3.68. The van der Waals surface area contributed by atoms with E-state index in [0.717, 1.165) is 6.07 Å². The average molecular weight is 353 g/mol. The van der Waals surface area contributed by atoms with Gasteiger partial charge in [-0.25, -0.2) is 0 Å². The topological polar surface area (TPSA) is 63.4 Å². The average Bonchev–Trinajstić information content (AvgIpc) is 2.03. The summed E-state index contributed by atoms with van der Waals surface area (Å²) in [4.78, 5) is 9.46. The van der Waals surface area contributed by atoms with E-state index < -0.39 is 16.4 Å². The molecule has 1 N–H and O–H groups in total. The molecular weight excluding hydrogens is 349 g/mol. The fraction of sp³-hybridized carbons (Fsp3) is 0. The Labute approximate surface area is 83.6 Å². The molecular formula is C7H4FNO3W. The molecule has 0 aromatic heterocycles. The van der Waals surface area contributed by atoms with Crippen LogP contribution in [0.4, 0.5) is 10.1 Å². The first-order valence-corrected chi connectivity index (χ1v) is 4.67. The van der Waals surface area contributed by atoms with E-state index in [1.54, 1.807) is 0 Å². The molecule has 0 aliphatic rings. The van der Waals surface area contributed by atoms with Gasteiger partial charge < -0.3 is 0 Å². The van der Waals surface area contributed by atoms with Crippen molar-refractivity contribution in [2.45, 2.75) is 0 Å². The van der Waals surface area contributed by atoms with Gasteiger partial charge in [0.15, 0.2) is 0 Å². The third-order valence-electron chi connectivity index (χ3n) is 1.41. The molecule has 1 rings (SSSR count). The number of nitrogens with zero attached hydrogens (tertiary/aromatic N) is 1. The summed E-state index contributed by atoms with van der Waals surface area (Å²) in [5.74, 6) is -0.986. The van der Waals surface area contributed by atoms with Crippen molar-refractivity contribution in [2.24, 2.45) is 0 Å². The number of nitro groups is 1. The molecule has 0 atom stereocenters. The Morgan fingerprint density at radius 1 is 1.62 bits per heavy atom. The van der Waals surface area contributed by atoms with E-state index in [0.29, 0.717) is 19.4 Å². The van der Waals surface area contributed by atoms with E-state index in [9.17, 15) is 14.5 Å². The van der Waals surface area contributed by atoms with Crippen LogP contribution >= 0.6 is 0 Å². The van der Waals surface area contributed by atoms with Crippen LogP contribution in [0.1, 0.15) is 5.56 Å². The number of aliphatic hydroxyl groups excluding tert-OH is 1. The van der Waals surface area contributed by atoms with Gasteiger partial charge >= 0.3 is 83.2 Å². The normalized spacial score (nSPS) is 9.69. The first kappa shape index (κ1) is 10.2. The summed E-state index contributed by atoms with van der Waals surface area (Å²) in [6.45, 7) is 0. The molecule has 0 saturated heterocycles. The maximum absolute atomic E-state index is 13.2. The Hall–Kier alpha value is -0.932. The minimum atomic E-state index is -0.986. The predicted octanol–water partition coefficient (Wildman–Crippen LogP) is 1.13. The van der Waals surface area contributed by atoms with E-state index in [4.69, 9.17) is 5.11 Å². The fourth-order valence-corrected chi connectivity index (χ4v) is 1.39. The molecule has 6 heteroatoms. The van der Waals surface area contributed by atoms with Crippen molar-refractivity contribution < 1.29 is 33.8 Å². The summed E-state index contributed by atoms with van der Waals surface area (Å²) in [7, 11) is 0. The van der Waals surface area contributed by atoms with E-state index in [2.05, 4.69) is 0 Å². The first-order chi connectivity index (χ1) is 6.04. The van der Waals surface area contributed by atoms with Crippen molar-refractivity contribution in [1.29, 1.82) is 0 Å². The van der Waals surface area contributed by atoms with E-state index in [1.807, 2.05) is 0 Å². The second-order valence-electron chi connectivity index (χ2n) is 2.20. The van der Waals surface area contributed by atoms with Crippen LogP contribution < -0.4 is 0 Å². The van der Waals surface area contributed by atoms with Crippen molar-refractivity contribution in [1.82, 2.24) is 0 Å². The number of benzene rings is 1. The van der Waals surface area contributed by atoms with Crippen molar-refractivity contribution >= 4 is 9.77 Å². The Morgan fingerprint density at radius 2 is 2.23 bits per heavy atom. The zero-order valence-electron chi connectivity index (χ0n) is 6.23. The van der Waals surface area contributed by atoms with Crippen molar-refractivity contribution in [3.63, 3.8) is 0 Å². The van der Waals surface area contributed by atoms with Crippen LogP contribution in [0, 0.1) is 15.9 Å². The molecule has 0 saturated carbocycles. The monoisotopic (exact) mass is 353 g/mol. The molecule has 0 radical (unpaired) electrons. The Bertz CT molecular complexity index is 348. The van der Waals surface area contributed by atoms with Crippen LogP contribution in [-0.4, -0.2) is 14.1 Å².